The van der Waals surface area contributed by atoms with Crippen LogP contribution in [0.4, 0.5) is 4.39 Å². The van der Waals surface area contributed by atoms with E-state index < -0.39 is 0 Å². The van der Waals surface area contributed by atoms with Gasteiger partial charge in [0.2, 0.25) is 0 Å². The Labute approximate surface area is 102 Å². The topological polar surface area (TPSA) is 56.9 Å². The molecule has 0 aliphatic carbocycles. The van der Waals surface area contributed by atoms with Gasteiger partial charge in [-0.3, -0.25) is 9.36 Å². The second-order valence-corrected chi connectivity index (χ2v) is 3.93. The van der Waals surface area contributed by atoms with Crippen molar-refractivity contribution in [2.24, 2.45) is 7.05 Å². The molecule has 0 amide bonds. The van der Waals surface area contributed by atoms with Crippen molar-refractivity contribution >= 4 is 5.78 Å². The third-order valence-corrected chi connectivity index (χ3v) is 2.60. The molecule has 0 radical (unpaired) electrons. The van der Waals surface area contributed by atoms with Gasteiger partial charge in [0.25, 0.3) is 0 Å². The lowest BCUT2D eigenvalue weighted by Gasteiger charge is -2.00. The van der Waals surface area contributed by atoms with Gasteiger partial charge in [-0.2, -0.15) is 5.10 Å². The fraction of sp³-hybridized carbons (Fsp3) is 0.250. The van der Waals surface area contributed by atoms with Gasteiger partial charge in [0.15, 0.2) is 5.78 Å². The number of hydrogen-bond donors (Lipinski definition) is 0. The van der Waals surface area contributed by atoms with Crippen molar-refractivity contribution in [3.63, 3.8) is 0 Å². The maximum Gasteiger partial charge on any atom is 0.345 e. The number of benzene rings is 1. The Balaban J connectivity index is 2.02. The lowest BCUT2D eigenvalue weighted by Crippen LogP contribution is -2.24. The first kappa shape index (κ1) is 12.2. The summed E-state index contributed by atoms with van der Waals surface area (Å²) < 4.78 is 15.2. The van der Waals surface area contributed by atoms with Gasteiger partial charge in [-0.25, -0.2) is 13.9 Å². The summed E-state index contributed by atoms with van der Waals surface area (Å²) in [6.07, 6.45) is 1.55. The first-order valence-electron chi connectivity index (χ1n) is 5.45. The number of Topliss-reactive ketones (excluding diaryl/α,β-unsaturated/α-hetero) is 1. The molecule has 0 saturated carbocycles. The molecule has 0 N–H and O–H groups in total. The number of carbonyl (C=O) groups is 1. The number of aryl methyl sites for hydroxylation is 2. The van der Waals surface area contributed by atoms with Gasteiger partial charge in [0.05, 0.1) is 6.54 Å². The van der Waals surface area contributed by atoms with Crippen LogP contribution in [0.1, 0.15) is 16.8 Å². The zero-order chi connectivity index (χ0) is 13.1. The van der Waals surface area contributed by atoms with Gasteiger partial charge in [0, 0.05) is 19.0 Å². The molecule has 0 fully saturated rings. The smallest absolute Gasteiger partial charge is 0.294 e. The summed E-state index contributed by atoms with van der Waals surface area (Å²) in [6, 6.07) is 5.33. The van der Waals surface area contributed by atoms with Gasteiger partial charge in [-0.05, 0) is 24.3 Å². The van der Waals surface area contributed by atoms with Crippen molar-refractivity contribution in [1.29, 1.82) is 0 Å². The third-order valence-electron chi connectivity index (χ3n) is 2.60. The lowest BCUT2D eigenvalue weighted by atomic mass is 10.1. The molecule has 1 aromatic carbocycles. The molecule has 0 atom stereocenters. The number of rotatable bonds is 4. The molecule has 5 nitrogen and oxygen atoms in total. The normalized spacial score (nSPS) is 10.6. The second-order valence-electron chi connectivity index (χ2n) is 3.93. The van der Waals surface area contributed by atoms with E-state index in [4.69, 9.17) is 0 Å². The monoisotopic (exact) mass is 249 g/mol. The fourth-order valence-corrected chi connectivity index (χ4v) is 1.56. The summed E-state index contributed by atoms with van der Waals surface area (Å²) >= 11 is 0. The number of ketones is 1. The Kier molecular flexibility index (Phi) is 3.36. The van der Waals surface area contributed by atoms with Crippen LogP contribution in [0.25, 0.3) is 0 Å². The Morgan fingerprint density at radius 1 is 1.33 bits per heavy atom. The van der Waals surface area contributed by atoms with Crippen molar-refractivity contribution in [2.45, 2.75) is 13.0 Å². The number of carbonyl (C=O) groups excluding carboxylic acids is 1. The van der Waals surface area contributed by atoms with Crippen LogP contribution in [0.3, 0.4) is 0 Å². The van der Waals surface area contributed by atoms with Crippen LogP contribution >= 0.6 is 0 Å². The van der Waals surface area contributed by atoms with Crippen LogP contribution in [0.2, 0.25) is 0 Å². The maximum absolute atomic E-state index is 12.7. The van der Waals surface area contributed by atoms with Crippen molar-refractivity contribution in [2.75, 3.05) is 0 Å². The van der Waals surface area contributed by atoms with Gasteiger partial charge in [-0.15, -0.1) is 0 Å². The minimum atomic E-state index is -0.382. The molecule has 0 spiro atoms. The summed E-state index contributed by atoms with van der Waals surface area (Å²) in [4.78, 5) is 23.2. The first-order valence-corrected chi connectivity index (χ1v) is 5.45. The highest BCUT2D eigenvalue weighted by atomic mass is 19.1. The van der Waals surface area contributed by atoms with Crippen molar-refractivity contribution in [3.05, 3.63) is 52.5 Å². The van der Waals surface area contributed by atoms with E-state index in [2.05, 4.69) is 5.10 Å². The largest absolute Gasteiger partial charge is 0.345 e. The van der Waals surface area contributed by atoms with Crippen LogP contribution in [0.15, 0.2) is 35.4 Å². The van der Waals surface area contributed by atoms with E-state index in [0.29, 0.717) is 5.56 Å². The van der Waals surface area contributed by atoms with Crippen LogP contribution in [0, 0.1) is 5.82 Å². The van der Waals surface area contributed by atoms with E-state index >= 15 is 0 Å². The highest BCUT2D eigenvalue weighted by Crippen LogP contribution is 2.06. The molecule has 6 heteroatoms. The predicted octanol–water partition coefficient (Wildman–Crippen LogP) is 0.994. The molecule has 1 aromatic heterocycles. The van der Waals surface area contributed by atoms with E-state index in [0.717, 1.165) is 0 Å². The average Bonchev–Trinajstić information content (AvgIpc) is 2.68. The third kappa shape index (κ3) is 2.53. The van der Waals surface area contributed by atoms with Gasteiger partial charge < -0.3 is 0 Å². The maximum atomic E-state index is 12.7. The standard InChI is InChI=1S/C12H12FN3O2/c1-15-8-14-16(12(15)18)7-6-11(17)9-2-4-10(13)5-3-9/h2-5,8H,6-7H2,1H3. The summed E-state index contributed by atoms with van der Waals surface area (Å²) in [6.45, 7) is 0.218. The van der Waals surface area contributed by atoms with E-state index in [9.17, 15) is 14.0 Å². The zero-order valence-electron chi connectivity index (χ0n) is 9.84. The number of nitrogens with zero attached hydrogens (tertiary/aromatic N) is 3. The predicted molar refractivity (Wildman–Crippen MR) is 62.8 cm³/mol. The van der Waals surface area contributed by atoms with Crippen LogP contribution in [0.5, 0.6) is 0 Å². The molecular weight excluding hydrogens is 237 g/mol. The molecule has 94 valence electrons. The molecule has 2 rings (SSSR count). The molecule has 0 saturated heterocycles. The minimum Gasteiger partial charge on any atom is -0.294 e. The summed E-state index contributed by atoms with van der Waals surface area (Å²) in [5.74, 6) is -0.528. The number of halogens is 1. The summed E-state index contributed by atoms with van der Waals surface area (Å²) in [5.41, 5.74) is 0.169. The first-order chi connectivity index (χ1) is 8.58. The average molecular weight is 249 g/mol. The molecule has 2 aromatic rings. The molecule has 0 bridgehead atoms. The summed E-state index contributed by atoms with van der Waals surface area (Å²) in [5, 5.41) is 3.85. The minimum absolute atomic E-state index is 0.146. The van der Waals surface area contributed by atoms with E-state index in [1.54, 1.807) is 7.05 Å². The van der Waals surface area contributed by atoms with Crippen molar-refractivity contribution in [3.8, 4) is 0 Å². The highest BCUT2D eigenvalue weighted by Gasteiger charge is 2.08. The van der Waals surface area contributed by atoms with Crippen LogP contribution in [-0.2, 0) is 13.6 Å². The van der Waals surface area contributed by atoms with E-state index in [1.165, 1.54) is 39.8 Å². The van der Waals surface area contributed by atoms with Gasteiger partial charge in [-0.1, -0.05) is 0 Å². The van der Waals surface area contributed by atoms with Crippen molar-refractivity contribution < 1.29 is 9.18 Å². The van der Waals surface area contributed by atoms with Crippen molar-refractivity contribution in [1.82, 2.24) is 14.3 Å². The number of hydrogen-bond acceptors (Lipinski definition) is 3. The molecule has 0 aliphatic rings. The Morgan fingerprint density at radius 2 is 2.00 bits per heavy atom. The highest BCUT2D eigenvalue weighted by molar-refractivity contribution is 5.95. The van der Waals surface area contributed by atoms with Crippen LogP contribution in [-0.4, -0.2) is 20.1 Å². The summed E-state index contributed by atoms with van der Waals surface area (Å²) in [7, 11) is 1.59. The molecule has 0 aliphatic heterocycles. The Bertz CT molecular complexity index is 613. The number of aromatic nitrogens is 3. The molecular formula is C12H12FN3O2. The second kappa shape index (κ2) is 4.95. The van der Waals surface area contributed by atoms with E-state index in [1.807, 2.05) is 0 Å². The Hall–Kier alpha value is -2.24. The van der Waals surface area contributed by atoms with E-state index in [-0.39, 0.29) is 30.3 Å². The molecule has 1 heterocycles. The lowest BCUT2D eigenvalue weighted by molar-refractivity contribution is 0.0975. The molecule has 18 heavy (non-hydrogen) atoms. The SMILES string of the molecule is Cn1cnn(CCC(=O)c2ccc(F)cc2)c1=O. The van der Waals surface area contributed by atoms with Crippen LogP contribution < -0.4 is 5.69 Å². The van der Waals surface area contributed by atoms with Gasteiger partial charge in [0.1, 0.15) is 12.1 Å². The fourth-order valence-electron chi connectivity index (χ4n) is 1.56. The zero-order valence-corrected chi connectivity index (χ0v) is 9.84. The quantitative estimate of drug-likeness (QED) is 0.759. The Morgan fingerprint density at radius 3 is 2.56 bits per heavy atom. The van der Waals surface area contributed by atoms with Gasteiger partial charge >= 0.3 is 5.69 Å². The molecule has 0 unspecified atom stereocenters.